The molecule has 0 fully saturated rings. The van der Waals surface area contributed by atoms with Crippen molar-refractivity contribution < 1.29 is 9.84 Å². The molecule has 0 amide bonds. The van der Waals surface area contributed by atoms with Gasteiger partial charge in [-0.2, -0.15) is 0 Å². The van der Waals surface area contributed by atoms with Crippen LogP contribution in [-0.2, 0) is 0 Å². The summed E-state index contributed by atoms with van der Waals surface area (Å²) in [5.74, 6) is 0.776. The van der Waals surface area contributed by atoms with Gasteiger partial charge in [0.15, 0.2) is 0 Å². The molecule has 0 radical (unpaired) electrons. The van der Waals surface area contributed by atoms with Gasteiger partial charge in [-0.25, -0.2) is 0 Å². The molecule has 17 heavy (non-hydrogen) atoms. The lowest BCUT2D eigenvalue weighted by molar-refractivity contribution is 0.116. The predicted octanol–water partition coefficient (Wildman–Crippen LogP) is 3.11. The fourth-order valence-corrected chi connectivity index (χ4v) is 1.66. The number of ether oxygens (including phenoxy) is 1. The van der Waals surface area contributed by atoms with E-state index in [0.29, 0.717) is 0 Å². The molecule has 0 saturated heterocycles. The van der Waals surface area contributed by atoms with Crippen LogP contribution in [0.3, 0.4) is 0 Å². The molecule has 0 saturated carbocycles. The van der Waals surface area contributed by atoms with E-state index < -0.39 is 0 Å². The summed E-state index contributed by atoms with van der Waals surface area (Å²) in [6.45, 7) is 2.00. The first-order valence-electron chi connectivity index (χ1n) is 5.69. The summed E-state index contributed by atoms with van der Waals surface area (Å²) >= 11 is 0. The minimum Gasteiger partial charge on any atom is -0.483 e. The maximum Gasteiger partial charge on any atom is 0.147 e. The molecule has 0 aromatic heterocycles. The summed E-state index contributed by atoms with van der Waals surface area (Å²) in [6.07, 6.45) is -0.307. The van der Waals surface area contributed by atoms with E-state index in [1.807, 2.05) is 61.5 Å². The van der Waals surface area contributed by atoms with Crippen molar-refractivity contribution in [3.63, 3.8) is 0 Å². The van der Waals surface area contributed by atoms with Gasteiger partial charge in [0.2, 0.25) is 0 Å². The molecule has 2 nitrogen and oxygen atoms in total. The summed E-state index contributed by atoms with van der Waals surface area (Å²) in [6, 6.07) is 17.6. The second-order valence-corrected chi connectivity index (χ2v) is 4.01. The van der Waals surface area contributed by atoms with E-state index in [1.165, 1.54) is 5.56 Å². The number of aryl methyl sites for hydroxylation is 1. The molecule has 2 aromatic rings. The fraction of sp³-hybridized carbons (Fsp3) is 0.200. The van der Waals surface area contributed by atoms with E-state index in [-0.39, 0.29) is 12.7 Å². The van der Waals surface area contributed by atoms with Gasteiger partial charge in [0, 0.05) is 0 Å². The van der Waals surface area contributed by atoms with Gasteiger partial charge in [-0.3, -0.25) is 0 Å². The molecule has 1 atom stereocenters. The number of aliphatic hydroxyl groups is 1. The summed E-state index contributed by atoms with van der Waals surface area (Å²) in [4.78, 5) is 0. The van der Waals surface area contributed by atoms with E-state index in [9.17, 15) is 5.11 Å². The Labute approximate surface area is 101 Å². The van der Waals surface area contributed by atoms with Gasteiger partial charge in [-0.15, -0.1) is 0 Å². The highest BCUT2D eigenvalue weighted by Gasteiger charge is 2.11. The van der Waals surface area contributed by atoms with Crippen LogP contribution in [0.5, 0.6) is 5.75 Å². The van der Waals surface area contributed by atoms with Gasteiger partial charge in [-0.1, -0.05) is 48.0 Å². The second-order valence-electron chi connectivity index (χ2n) is 4.01. The van der Waals surface area contributed by atoms with E-state index >= 15 is 0 Å². The molecule has 0 aliphatic rings. The Kier molecular flexibility index (Phi) is 3.78. The largest absolute Gasteiger partial charge is 0.483 e. The molecule has 0 heterocycles. The van der Waals surface area contributed by atoms with Gasteiger partial charge >= 0.3 is 0 Å². The lowest BCUT2D eigenvalue weighted by Gasteiger charge is -2.17. The van der Waals surface area contributed by atoms with Crippen LogP contribution in [-0.4, -0.2) is 11.7 Å². The molecule has 2 rings (SSSR count). The zero-order valence-corrected chi connectivity index (χ0v) is 9.84. The van der Waals surface area contributed by atoms with Crippen molar-refractivity contribution in [3.8, 4) is 5.75 Å². The Hall–Kier alpha value is -1.80. The predicted molar refractivity (Wildman–Crippen MR) is 68.1 cm³/mol. The van der Waals surface area contributed by atoms with Crippen LogP contribution in [0.15, 0.2) is 54.6 Å². The number of hydrogen-bond acceptors (Lipinski definition) is 2. The fourth-order valence-electron chi connectivity index (χ4n) is 1.66. The lowest BCUT2D eigenvalue weighted by Crippen LogP contribution is -2.11. The van der Waals surface area contributed by atoms with Crippen LogP contribution in [0, 0.1) is 6.92 Å². The molecule has 88 valence electrons. The van der Waals surface area contributed by atoms with Gasteiger partial charge in [-0.05, 0) is 24.6 Å². The van der Waals surface area contributed by atoms with E-state index in [2.05, 4.69) is 0 Å². The average molecular weight is 228 g/mol. The molecule has 0 unspecified atom stereocenters. The molecule has 0 bridgehead atoms. The number of benzene rings is 2. The normalized spacial score (nSPS) is 12.1. The highest BCUT2D eigenvalue weighted by molar-refractivity contribution is 5.28. The Morgan fingerprint density at radius 3 is 2.24 bits per heavy atom. The molecule has 0 aliphatic carbocycles. The van der Waals surface area contributed by atoms with Gasteiger partial charge < -0.3 is 9.84 Å². The maximum atomic E-state index is 9.37. The smallest absolute Gasteiger partial charge is 0.147 e. The Morgan fingerprint density at radius 2 is 1.65 bits per heavy atom. The van der Waals surface area contributed by atoms with Crippen molar-refractivity contribution in [1.82, 2.24) is 0 Å². The Bertz CT molecular complexity index is 448. The van der Waals surface area contributed by atoms with Crippen molar-refractivity contribution in [2.75, 3.05) is 6.61 Å². The minimum atomic E-state index is -0.307. The van der Waals surface area contributed by atoms with Crippen molar-refractivity contribution in [3.05, 3.63) is 65.7 Å². The number of hydrogen-bond donors (Lipinski definition) is 1. The zero-order chi connectivity index (χ0) is 12.1. The van der Waals surface area contributed by atoms with E-state index in [0.717, 1.165) is 11.3 Å². The monoisotopic (exact) mass is 228 g/mol. The maximum absolute atomic E-state index is 9.37. The summed E-state index contributed by atoms with van der Waals surface area (Å²) in [7, 11) is 0. The second kappa shape index (κ2) is 5.51. The molecular formula is C15H16O2. The van der Waals surface area contributed by atoms with E-state index in [4.69, 9.17) is 4.74 Å². The van der Waals surface area contributed by atoms with Crippen molar-refractivity contribution in [1.29, 1.82) is 0 Å². The summed E-state index contributed by atoms with van der Waals surface area (Å²) in [5.41, 5.74) is 2.17. The first-order chi connectivity index (χ1) is 8.29. The first kappa shape index (κ1) is 11.7. The Balaban J connectivity index is 2.13. The molecule has 0 spiro atoms. The number of aliphatic hydroxyl groups excluding tert-OH is 1. The zero-order valence-electron chi connectivity index (χ0n) is 9.84. The van der Waals surface area contributed by atoms with Gasteiger partial charge in [0.25, 0.3) is 0 Å². The first-order valence-corrected chi connectivity index (χ1v) is 5.69. The van der Waals surface area contributed by atoms with Crippen LogP contribution >= 0.6 is 0 Å². The standard InChI is InChI=1S/C15H16O2/c1-12-7-9-14(10-8-12)17-15(11-16)13-5-3-2-4-6-13/h2-10,15-16H,11H2,1H3/t15-/m1/s1. The van der Waals surface area contributed by atoms with E-state index in [1.54, 1.807) is 0 Å². The third-order valence-electron chi connectivity index (χ3n) is 2.64. The van der Waals surface area contributed by atoms with Crippen LogP contribution in [0.1, 0.15) is 17.2 Å². The minimum absolute atomic E-state index is 0.0299. The van der Waals surface area contributed by atoms with Crippen LogP contribution < -0.4 is 4.74 Å². The highest BCUT2D eigenvalue weighted by atomic mass is 16.5. The van der Waals surface area contributed by atoms with Crippen molar-refractivity contribution in [2.45, 2.75) is 13.0 Å². The molecule has 1 N–H and O–H groups in total. The molecule has 2 aromatic carbocycles. The van der Waals surface area contributed by atoms with Crippen molar-refractivity contribution >= 4 is 0 Å². The van der Waals surface area contributed by atoms with Crippen LogP contribution in [0.4, 0.5) is 0 Å². The third kappa shape index (κ3) is 3.08. The average Bonchev–Trinajstić information content (AvgIpc) is 2.39. The molecule has 2 heteroatoms. The van der Waals surface area contributed by atoms with Crippen LogP contribution in [0.25, 0.3) is 0 Å². The number of rotatable bonds is 4. The summed E-state index contributed by atoms with van der Waals surface area (Å²) < 4.78 is 5.75. The van der Waals surface area contributed by atoms with Gasteiger partial charge in [0.05, 0.1) is 6.61 Å². The molecular weight excluding hydrogens is 212 g/mol. The Morgan fingerprint density at radius 1 is 1.00 bits per heavy atom. The summed E-state index contributed by atoms with van der Waals surface area (Å²) in [5, 5.41) is 9.37. The lowest BCUT2D eigenvalue weighted by atomic mass is 10.1. The third-order valence-corrected chi connectivity index (χ3v) is 2.64. The van der Waals surface area contributed by atoms with Gasteiger partial charge in [0.1, 0.15) is 11.9 Å². The highest BCUT2D eigenvalue weighted by Crippen LogP contribution is 2.21. The topological polar surface area (TPSA) is 29.5 Å². The van der Waals surface area contributed by atoms with Crippen LogP contribution in [0.2, 0.25) is 0 Å². The molecule has 0 aliphatic heterocycles. The SMILES string of the molecule is Cc1ccc(O[C@H](CO)c2ccccc2)cc1. The quantitative estimate of drug-likeness (QED) is 0.871. The van der Waals surface area contributed by atoms with Crippen molar-refractivity contribution in [2.24, 2.45) is 0 Å².